The van der Waals surface area contributed by atoms with Crippen LogP contribution in [0.25, 0.3) is 0 Å². The molecule has 0 aliphatic carbocycles. The van der Waals surface area contributed by atoms with Crippen molar-refractivity contribution in [2.45, 2.75) is 13.5 Å². The lowest BCUT2D eigenvalue weighted by molar-refractivity contribution is 0.0945. The van der Waals surface area contributed by atoms with Gasteiger partial charge < -0.3 is 10.1 Å². The van der Waals surface area contributed by atoms with E-state index in [1.807, 2.05) is 13.0 Å². The van der Waals surface area contributed by atoms with Crippen LogP contribution in [0, 0.1) is 6.92 Å². The lowest BCUT2D eigenvalue weighted by Gasteiger charge is -2.09. The highest BCUT2D eigenvalue weighted by atomic mass is 16.5. The average molecular weight is 246 g/mol. The SMILES string of the molecule is COc1cc(C)ncc1CNC(=O)c1ccn[nH]1. The van der Waals surface area contributed by atoms with Gasteiger partial charge in [-0.1, -0.05) is 0 Å². The van der Waals surface area contributed by atoms with Crippen molar-refractivity contribution in [2.24, 2.45) is 0 Å². The molecule has 0 saturated carbocycles. The van der Waals surface area contributed by atoms with E-state index >= 15 is 0 Å². The van der Waals surface area contributed by atoms with E-state index in [2.05, 4.69) is 20.5 Å². The Hall–Kier alpha value is -2.37. The van der Waals surface area contributed by atoms with Crippen LogP contribution in [0.4, 0.5) is 0 Å². The molecule has 2 N–H and O–H groups in total. The number of pyridine rings is 1. The number of methoxy groups -OCH3 is 1. The van der Waals surface area contributed by atoms with Gasteiger partial charge in [0.05, 0.1) is 7.11 Å². The average Bonchev–Trinajstić information content (AvgIpc) is 2.90. The maximum absolute atomic E-state index is 11.7. The van der Waals surface area contributed by atoms with E-state index in [1.54, 1.807) is 19.4 Å². The summed E-state index contributed by atoms with van der Waals surface area (Å²) in [5.74, 6) is 0.502. The third kappa shape index (κ3) is 2.65. The van der Waals surface area contributed by atoms with Crippen molar-refractivity contribution in [2.75, 3.05) is 7.11 Å². The number of hydrogen-bond donors (Lipinski definition) is 2. The van der Waals surface area contributed by atoms with Crippen LogP contribution in [0.3, 0.4) is 0 Å². The number of nitrogens with one attached hydrogen (secondary N) is 2. The minimum Gasteiger partial charge on any atom is -0.496 e. The van der Waals surface area contributed by atoms with Crippen LogP contribution in [-0.4, -0.2) is 28.2 Å². The lowest BCUT2D eigenvalue weighted by atomic mass is 10.2. The van der Waals surface area contributed by atoms with Gasteiger partial charge in [-0.3, -0.25) is 14.9 Å². The summed E-state index contributed by atoms with van der Waals surface area (Å²) in [6, 6.07) is 3.44. The largest absolute Gasteiger partial charge is 0.496 e. The third-order valence-corrected chi connectivity index (χ3v) is 2.49. The Balaban J connectivity index is 2.04. The summed E-state index contributed by atoms with van der Waals surface area (Å²) in [7, 11) is 1.59. The Labute approximate surface area is 104 Å². The molecule has 0 aliphatic rings. The summed E-state index contributed by atoms with van der Waals surface area (Å²) >= 11 is 0. The monoisotopic (exact) mass is 246 g/mol. The van der Waals surface area contributed by atoms with E-state index in [1.165, 1.54) is 6.20 Å². The van der Waals surface area contributed by atoms with Gasteiger partial charge in [0.25, 0.3) is 5.91 Å². The fourth-order valence-electron chi connectivity index (χ4n) is 1.54. The summed E-state index contributed by atoms with van der Waals surface area (Å²) < 4.78 is 5.24. The van der Waals surface area contributed by atoms with Gasteiger partial charge in [-0.2, -0.15) is 5.10 Å². The van der Waals surface area contributed by atoms with Crippen LogP contribution in [0.1, 0.15) is 21.7 Å². The maximum Gasteiger partial charge on any atom is 0.269 e. The van der Waals surface area contributed by atoms with Crippen LogP contribution in [-0.2, 0) is 6.54 Å². The van der Waals surface area contributed by atoms with Gasteiger partial charge in [-0.15, -0.1) is 0 Å². The Morgan fingerprint density at radius 3 is 3.06 bits per heavy atom. The highest BCUT2D eigenvalue weighted by Crippen LogP contribution is 2.17. The number of amides is 1. The molecule has 0 unspecified atom stereocenters. The first kappa shape index (κ1) is 12.1. The standard InChI is InChI=1S/C12H14N4O2/c1-8-5-11(18-2)9(6-13-8)7-14-12(17)10-3-4-15-16-10/h3-6H,7H2,1-2H3,(H,14,17)(H,15,16). The third-order valence-electron chi connectivity index (χ3n) is 2.49. The van der Waals surface area contributed by atoms with E-state index in [0.29, 0.717) is 18.0 Å². The first-order chi connectivity index (χ1) is 8.70. The fraction of sp³-hybridized carbons (Fsp3) is 0.250. The molecule has 94 valence electrons. The predicted octanol–water partition coefficient (Wildman–Crippen LogP) is 1.05. The second-order valence-electron chi connectivity index (χ2n) is 3.79. The minimum atomic E-state index is -0.213. The molecule has 6 heteroatoms. The maximum atomic E-state index is 11.7. The number of hydrogen-bond acceptors (Lipinski definition) is 4. The Bertz CT molecular complexity index is 537. The number of H-pyrrole nitrogens is 1. The highest BCUT2D eigenvalue weighted by molar-refractivity contribution is 5.92. The lowest BCUT2D eigenvalue weighted by Crippen LogP contribution is -2.23. The first-order valence-electron chi connectivity index (χ1n) is 5.48. The molecule has 0 fully saturated rings. The van der Waals surface area contributed by atoms with Crippen LogP contribution in [0.15, 0.2) is 24.5 Å². The number of aryl methyl sites for hydroxylation is 1. The van der Waals surface area contributed by atoms with Crippen LogP contribution in [0.2, 0.25) is 0 Å². The van der Waals surface area contributed by atoms with Gasteiger partial charge >= 0.3 is 0 Å². The zero-order chi connectivity index (χ0) is 13.0. The predicted molar refractivity (Wildman–Crippen MR) is 65.3 cm³/mol. The van der Waals surface area contributed by atoms with Crippen LogP contribution in [0.5, 0.6) is 5.75 Å². The van der Waals surface area contributed by atoms with Gasteiger partial charge in [0, 0.05) is 36.3 Å². The second-order valence-corrected chi connectivity index (χ2v) is 3.79. The number of carbonyl (C=O) groups is 1. The van der Waals surface area contributed by atoms with Crippen molar-refractivity contribution in [3.05, 3.63) is 41.5 Å². The van der Waals surface area contributed by atoms with Crippen molar-refractivity contribution in [3.63, 3.8) is 0 Å². The molecule has 0 saturated heterocycles. The van der Waals surface area contributed by atoms with E-state index in [0.717, 1.165) is 11.3 Å². The molecular weight excluding hydrogens is 232 g/mol. The molecule has 0 radical (unpaired) electrons. The van der Waals surface area contributed by atoms with Crippen molar-refractivity contribution in [3.8, 4) is 5.75 Å². The molecule has 6 nitrogen and oxygen atoms in total. The van der Waals surface area contributed by atoms with Crippen molar-refractivity contribution in [1.82, 2.24) is 20.5 Å². The van der Waals surface area contributed by atoms with E-state index in [9.17, 15) is 4.79 Å². The summed E-state index contributed by atoms with van der Waals surface area (Å²) in [4.78, 5) is 15.9. The molecule has 2 aromatic heterocycles. The zero-order valence-electron chi connectivity index (χ0n) is 10.2. The molecule has 0 bridgehead atoms. The van der Waals surface area contributed by atoms with Gasteiger partial charge in [0.2, 0.25) is 0 Å². The molecule has 2 rings (SSSR count). The van der Waals surface area contributed by atoms with Gasteiger partial charge in [0.1, 0.15) is 11.4 Å². The number of carbonyl (C=O) groups excluding carboxylic acids is 1. The molecule has 0 atom stereocenters. The molecule has 2 heterocycles. The van der Waals surface area contributed by atoms with E-state index in [4.69, 9.17) is 4.74 Å². The summed E-state index contributed by atoms with van der Waals surface area (Å²) in [5.41, 5.74) is 2.13. The smallest absolute Gasteiger partial charge is 0.269 e. The van der Waals surface area contributed by atoms with Crippen LogP contribution < -0.4 is 10.1 Å². The van der Waals surface area contributed by atoms with Crippen molar-refractivity contribution >= 4 is 5.91 Å². The van der Waals surface area contributed by atoms with Crippen molar-refractivity contribution in [1.29, 1.82) is 0 Å². The Morgan fingerprint density at radius 2 is 2.39 bits per heavy atom. The van der Waals surface area contributed by atoms with Gasteiger partial charge in [-0.05, 0) is 13.0 Å². The molecule has 2 aromatic rings. The quantitative estimate of drug-likeness (QED) is 0.845. The minimum absolute atomic E-state index is 0.213. The second kappa shape index (κ2) is 5.31. The molecule has 0 spiro atoms. The molecular formula is C12H14N4O2. The Morgan fingerprint density at radius 1 is 1.56 bits per heavy atom. The molecule has 18 heavy (non-hydrogen) atoms. The fourth-order valence-corrected chi connectivity index (χ4v) is 1.54. The number of ether oxygens (including phenoxy) is 1. The Kier molecular flexibility index (Phi) is 3.57. The molecule has 0 aliphatic heterocycles. The summed E-state index contributed by atoms with van der Waals surface area (Å²) in [6.45, 7) is 2.24. The van der Waals surface area contributed by atoms with Gasteiger partial charge in [0.15, 0.2) is 0 Å². The number of aromatic nitrogens is 3. The molecule has 0 aromatic carbocycles. The first-order valence-corrected chi connectivity index (χ1v) is 5.48. The topological polar surface area (TPSA) is 79.9 Å². The zero-order valence-corrected chi connectivity index (χ0v) is 10.2. The number of nitrogens with zero attached hydrogens (tertiary/aromatic N) is 2. The van der Waals surface area contributed by atoms with Crippen LogP contribution >= 0.6 is 0 Å². The highest BCUT2D eigenvalue weighted by Gasteiger charge is 2.09. The van der Waals surface area contributed by atoms with Gasteiger partial charge in [-0.25, -0.2) is 0 Å². The van der Waals surface area contributed by atoms with E-state index < -0.39 is 0 Å². The van der Waals surface area contributed by atoms with E-state index in [-0.39, 0.29) is 5.91 Å². The normalized spacial score (nSPS) is 10.1. The summed E-state index contributed by atoms with van der Waals surface area (Å²) in [5, 5.41) is 9.09. The van der Waals surface area contributed by atoms with Crippen molar-refractivity contribution < 1.29 is 9.53 Å². The summed E-state index contributed by atoms with van der Waals surface area (Å²) in [6.07, 6.45) is 3.23. The molecule has 1 amide bonds. The number of rotatable bonds is 4. The number of aromatic amines is 1.